The molecule has 0 fully saturated rings. The van der Waals surface area contributed by atoms with Gasteiger partial charge in [-0.1, -0.05) is 12.1 Å². The number of benzene rings is 1. The van der Waals surface area contributed by atoms with Gasteiger partial charge in [0.1, 0.15) is 0 Å². The Balaban J connectivity index is 2.02. The van der Waals surface area contributed by atoms with Gasteiger partial charge in [-0.15, -0.1) is 0 Å². The maximum absolute atomic E-state index is 12.4. The summed E-state index contributed by atoms with van der Waals surface area (Å²) in [7, 11) is 1.86. The number of halogens is 3. The molecule has 0 radical (unpaired) electrons. The highest BCUT2D eigenvalue weighted by Crippen LogP contribution is 2.29. The van der Waals surface area contributed by atoms with Gasteiger partial charge in [0.05, 0.1) is 11.3 Å². The van der Waals surface area contributed by atoms with E-state index in [0.717, 1.165) is 23.4 Å². The Morgan fingerprint density at radius 1 is 1.21 bits per heavy atom. The van der Waals surface area contributed by atoms with Gasteiger partial charge >= 0.3 is 6.18 Å². The molecule has 3 nitrogen and oxygen atoms in total. The summed E-state index contributed by atoms with van der Waals surface area (Å²) in [5.41, 5.74) is 1.02. The summed E-state index contributed by atoms with van der Waals surface area (Å²) in [6, 6.07) is 5.10. The average Bonchev–Trinajstić information content (AvgIpc) is 2.65. The predicted octanol–water partition coefficient (Wildman–Crippen LogP) is 3.36. The Kier molecular flexibility index (Phi) is 3.50. The Hall–Kier alpha value is -1.98. The SMILES string of the molecule is Cc1cn(C)c(NCc2ccc(C(F)(F)F)cc2)n1. The summed E-state index contributed by atoms with van der Waals surface area (Å²) < 4.78 is 39.0. The molecule has 102 valence electrons. The van der Waals surface area contributed by atoms with Crippen molar-refractivity contribution in [3.63, 3.8) is 0 Å². The van der Waals surface area contributed by atoms with Gasteiger partial charge in [0.25, 0.3) is 0 Å². The lowest BCUT2D eigenvalue weighted by atomic mass is 10.1. The number of imidazole rings is 1. The van der Waals surface area contributed by atoms with E-state index in [-0.39, 0.29) is 0 Å². The average molecular weight is 269 g/mol. The summed E-state index contributed by atoms with van der Waals surface area (Å²) in [6.07, 6.45) is -2.42. The zero-order valence-corrected chi connectivity index (χ0v) is 10.6. The van der Waals surface area contributed by atoms with Gasteiger partial charge in [-0.05, 0) is 24.6 Å². The van der Waals surface area contributed by atoms with Crippen LogP contribution in [0.4, 0.5) is 19.1 Å². The molecule has 1 aromatic carbocycles. The number of nitrogens with zero attached hydrogens (tertiary/aromatic N) is 2. The van der Waals surface area contributed by atoms with Crippen molar-refractivity contribution in [1.82, 2.24) is 9.55 Å². The number of aryl methyl sites for hydroxylation is 2. The van der Waals surface area contributed by atoms with Gasteiger partial charge < -0.3 is 9.88 Å². The summed E-state index contributed by atoms with van der Waals surface area (Å²) in [4.78, 5) is 4.25. The molecule has 0 aliphatic heterocycles. The van der Waals surface area contributed by atoms with Crippen LogP contribution in [-0.4, -0.2) is 9.55 Å². The largest absolute Gasteiger partial charge is 0.416 e. The van der Waals surface area contributed by atoms with E-state index in [4.69, 9.17) is 0 Å². The first-order valence-corrected chi connectivity index (χ1v) is 5.76. The summed E-state index contributed by atoms with van der Waals surface area (Å²) >= 11 is 0. The van der Waals surface area contributed by atoms with E-state index in [0.29, 0.717) is 12.5 Å². The number of aromatic nitrogens is 2. The lowest BCUT2D eigenvalue weighted by Crippen LogP contribution is -2.07. The molecule has 6 heteroatoms. The molecule has 2 rings (SSSR count). The van der Waals surface area contributed by atoms with Crippen molar-refractivity contribution in [2.45, 2.75) is 19.6 Å². The number of hydrogen-bond acceptors (Lipinski definition) is 2. The lowest BCUT2D eigenvalue weighted by molar-refractivity contribution is -0.137. The molecular formula is C13H14F3N3. The van der Waals surface area contributed by atoms with Crippen molar-refractivity contribution in [1.29, 1.82) is 0 Å². The Bertz CT molecular complexity index is 556. The molecule has 19 heavy (non-hydrogen) atoms. The normalized spacial score (nSPS) is 11.6. The fourth-order valence-electron chi connectivity index (χ4n) is 1.77. The zero-order chi connectivity index (χ0) is 14.0. The lowest BCUT2D eigenvalue weighted by Gasteiger charge is -2.09. The van der Waals surface area contributed by atoms with Crippen LogP contribution < -0.4 is 5.32 Å². The van der Waals surface area contributed by atoms with E-state index in [1.54, 1.807) is 0 Å². The number of nitrogens with one attached hydrogen (secondary N) is 1. The number of hydrogen-bond donors (Lipinski definition) is 1. The minimum atomic E-state index is -4.29. The molecule has 0 atom stereocenters. The van der Waals surface area contributed by atoms with E-state index >= 15 is 0 Å². The summed E-state index contributed by atoms with van der Waals surface area (Å²) in [5.74, 6) is 0.692. The molecule has 0 saturated carbocycles. The van der Waals surface area contributed by atoms with Crippen molar-refractivity contribution in [2.24, 2.45) is 7.05 Å². The van der Waals surface area contributed by atoms with Crippen LogP contribution in [0.5, 0.6) is 0 Å². The molecule has 0 unspecified atom stereocenters. The zero-order valence-electron chi connectivity index (χ0n) is 10.6. The van der Waals surface area contributed by atoms with Crippen molar-refractivity contribution in [2.75, 3.05) is 5.32 Å². The van der Waals surface area contributed by atoms with E-state index in [1.165, 1.54) is 12.1 Å². The van der Waals surface area contributed by atoms with E-state index in [9.17, 15) is 13.2 Å². The molecule has 0 aliphatic rings. The van der Waals surface area contributed by atoms with Gasteiger partial charge in [-0.2, -0.15) is 13.2 Å². The van der Waals surface area contributed by atoms with Crippen molar-refractivity contribution < 1.29 is 13.2 Å². The van der Waals surface area contributed by atoms with Crippen molar-refractivity contribution in [3.05, 3.63) is 47.3 Å². The topological polar surface area (TPSA) is 29.9 Å². The van der Waals surface area contributed by atoms with Crippen LogP contribution in [0.1, 0.15) is 16.8 Å². The molecule has 0 aliphatic carbocycles. The van der Waals surface area contributed by atoms with Gasteiger partial charge in [-0.25, -0.2) is 4.98 Å². The molecule has 1 aromatic heterocycles. The molecule has 0 bridgehead atoms. The number of alkyl halides is 3. The van der Waals surface area contributed by atoms with Crippen LogP contribution in [0.3, 0.4) is 0 Å². The van der Waals surface area contributed by atoms with Crippen LogP contribution >= 0.6 is 0 Å². The Labute approximate surface area is 109 Å². The van der Waals surface area contributed by atoms with Crippen molar-refractivity contribution >= 4 is 5.95 Å². The maximum atomic E-state index is 12.4. The van der Waals surface area contributed by atoms with Gasteiger partial charge in [0.15, 0.2) is 0 Å². The number of rotatable bonds is 3. The third-order valence-corrected chi connectivity index (χ3v) is 2.73. The number of anilines is 1. The third kappa shape index (κ3) is 3.27. The minimum Gasteiger partial charge on any atom is -0.352 e. The van der Waals surface area contributed by atoms with Crippen LogP contribution in [0.2, 0.25) is 0 Å². The van der Waals surface area contributed by atoms with Crippen molar-refractivity contribution in [3.8, 4) is 0 Å². The van der Waals surface area contributed by atoms with Gasteiger partial charge in [0.2, 0.25) is 5.95 Å². The fourth-order valence-corrected chi connectivity index (χ4v) is 1.77. The Morgan fingerprint density at radius 3 is 2.32 bits per heavy atom. The highest BCUT2D eigenvalue weighted by molar-refractivity contribution is 5.32. The van der Waals surface area contributed by atoms with E-state index < -0.39 is 11.7 Å². The van der Waals surface area contributed by atoms with Gasteiger partial charge in [0, 0.05) is 19.8 Å². The fraction of sp³-hybridized carbons (Fsp3) is 0.308. The highest BCUT2D eigenvalue weighted by atomic mass is 19.4. The third-order valence-electron chi connectivity index (χ3n) is 2.73. The predicted molar refractivity (Wildman–Crippen MR) is 66.7 cm³/mol. The standard InChI is InChI=1S/C13H14F3N3/c1-9-8-19(2)12(18-9)17-7-10-3-5-11(6-4-10)13(14,15)16/h3-6,8H,7H2,1-2H3,(H,17,18). The van der Waals surface area contributed by atoms with E-state index in [2.05, 4.69) is 10.3 Å². The molecule has 1 N–H and O–H groups in total. The van der Waals surface area contributed by atoms with Crippen LogP contribution in [0.25, 0.3) is 0 Å². The van der Waals surface area contributed by atoms with Gasteiger partial charge in [-0.3, -0.25) is 0 Å². The molecule has 0 spiro atoms. The molecule has 2 aromatic rings. The summed E-state index contributed by atoms with van der Waals surface area (Å²) in [5, 5.41) is 3.08. The first-order valence-electron chi connectivity index (χ1n) is 5.76. The molecule has 0 amide bonds. The van der Waals surface area contributed by atoms with Crippen LogP contribution in [0, 0.1) is 6.92 Å². The minimum absolute atomic E-state index is 0.433. The quantitative estimate of drug-likeness (QED) is 0.926. The Morgan fingerprint density at radius 2 is 1.84 bits per heavy atom. The van der Waals surface area contributed by atoms with Crippen LogP contribution in [0.15, 0.2) is 30.5 Å². The smallest absolute Gasteiger partial charge is 0.352 e. The second kappa shape index (κ2) is 4.95. The molecule has 0 saturated heterocycles. The first kappa shape index (κ1) is 13.5. The second-order valence-corrected chi connectivity index (χ2v) is 4.37. The maximum Gasteiger partial charge on any atom is 0.416 e. The molecular weight excluding hydrogens is 255 g/mol. The monoisotopic (exact) mass is 269 g/mol. The second-order valence-electron chi connectivity index (χ2n) is 4.37. The van der Waals surface area contributed by atoms with E-state index in [1.807, 2.05) is 24.7 Å². The first-order chi connectivity index (χ1) is 8.86. The summed E-state index contributed by atoms with van der Waals surface area (Å²) in [6.45, 7) is 2.31. The highest BCUT2D eigenvalue weighted by Gasteiger charge is 2.29. The van der Waals surface area contributed by atoms with Crippen LogP contribution in [-0.2, 0) is 19.8 Å². The molecule has 1 heterocycles.